The monoisotopic (exact) mass is 564 g/mol. The molecular formula is C30H36N4O5S. The minimum Gasteiger partial charge on any atom is -0.459 e. The van der Waals surface area contributed by atoms with Crippen LogP contribution in [0.3, 0.4) is 0 Å². The molecule has 0 aliphatic carbocycles. The summed E-state index contributed by atoms with van der Waals surface area (Å²) >= 11 is 0. The Morgan fingerprint density at radius 2 is 1.62 bits per heavy atom. The van der Waals surface area contributed by atoms with Crippen LogP contribution in [0, 0.1) is 0 Å². The predicted molar refractivity (Wildman–Crippen MR) is 155 cm³/mol. The number of ether oxygens (including phenoxy) is 1. The number of carbonyl (C=O) groups excluding carboxylic acids is 2. The molecule has 1 heterocycles. The molecule has 3 N–H and O–H groups in total. The second-order valence-corrected chi connectivity index (χ2v) is 12.8. The summed E-state index contributed by atoms with van der Waals surface area (Å²) in [7, 11) is 0.425. The number of nitrogens with two attached hydrogens (primary N) is 1. The number of nitrogens with one attached hydrogen (secondary N) is 1. The van der Waals surface area contributed by atoms with Gasteiger partial charge in [0.05, 0.1) is 11.7 Å². The molecular weight excluding hydrogens is 528 g/mol. The van der Waals surface area contributed by atoms with Gasteiger partial charge in [0, 0.05) is 33.1 Å². The van der Waals surface area contributed by atoms with Crippen LogP contribution in [-0.4, -0.2) is 51.3 Å². The van der Waals surface area contributed by atoms with E-state index in [1.54, 1.807) is 19.1 Å². The topological polar surface area (TPSA) is 122 Å². The fraction of sp³-hybridized carbons (Fsp3) is 0.333. The molecule has 4 bridgehead atoms. The van der Waals surface area contributed by atoms with Crippen LogP contribution in [0.15, 0.2) is 72.8 Å². The van der Waals surface area contributed by atoms with Crippen molar-refractivity contribution >= 4 is 27.8 Å². The zero-order valence-electron chi connectivity index (χ0n) is 23.3. The first-order chi connectivity index (χ1) is 18.9. The number of benzene rings is 3. The van der Waals surface area contributed by atoms with Crippen molar-refractivity contribution in [3.63, 3.8) is 0 Å². The van der Waals surface area contributed by atoms with Crippen molar-refractivity contribution in [3.05, 3.63) is 101 Å². The highest BCUT2D eigenvalue weighted by Crippen LogP contribution is 2.26. The summed E-state index contributed by atoms with van der Waals surface area (Å²) in [5, 5.41) is 3.14. The highest BCUT2D eigenvalue weighted by atomic mass is 32.2. The van der Waals surface area contributed by atoms with Gasteiger partial charge in [0.15, 0.2) is 0 Å². The van der Waals surface area contributed by atoms with E-state index in [9.17, 15) is 18.0 Å². The number of aryl methyl sites for hydroxylation is 1. The highest BCUT2D eigenvalue weighted by Gasteiger charge is 2.31. The maximum Gasteiger partial charge on any atom is 0.326 e. The first-order valence-electron chi connectivity index (χ1n) is 13.1. The maximum atomic E-state index is 13.6. The molecule has 0 saturated carbocycles. The van der Waals surface area contributed by atoms with Crippen LogP contribution in [0.4, 0.5) is 5.69 Å². The van der Waals surface area contributed by atoms with Crippen molar-refractivity contribution in [1.82, 2.24) is 9.62 Å². The van der Waals surface area contributed by atoms with E-state index in [4.69, 9.17) is 10.5 Å². The van der Waals surface area contributed by atoms with Gasteiger partial charge in [0.1, 0.15) is 12.1 Å². The second-order valence-electron chi connectivity index (χ2n) is 10.6. The number of esters is 1. The van der Waals surface area contributed by atoms with E-state index >= 15 is 0 Å². The minimum absolute atomic E-state index is 0.183. The molecule has 3 aromatic carbocycles. The van der Waals surface area contributed by atoms with Gasteiger partial charge in [-0.3, -0.25) is 13.9 Å². The van der Waals surface area contributed by atoms with Crippen molar-refractivity contribution in [2.45, 2.75) is 44.4 Å². The molecule has 0 aromatic heterocycles. The zero-order chi connectivity index (χ0) is 29.1. The number of fused-ring (bicyclic) bond motifs is 4. The molecule has 1 amide bonds. The zero-order valence-corrected chi connectivity index (χ0v) is 24.1. The Bertz CT molecular complexity index is 1490. The van der Waals surface area contributed by atoms with E-state index in [2.05, 4.69) is 5.32 Å². The number of nitrogens with zero attached hydrogens (tertiary/aromatic N) is 2. The number of rotatable bonds is 4. The van der Waals surface area contributed by atoms with Crippen LogP contribution < -0.4 is 15.4 Å². The lowest BCUT2D eigenvalue weighted by atomic mass is 9.91. The summed E-state index contributed by atoms with van der Waals surface area (Å²) in [4.78, 5) is 26.7. The molecule has 0 saturated heterocycles. The number of cyclic esters (lactones) is 1. The summed E-state index contributed by atoms with van der Waals surface area (Å²) in [6.07, 6.45) is 1.59. The quantitative estimate of drug-likeness (QED) is 0.469. The van der Waals surface area contributed by atoms with Gasteiger partial charge in [0.2, 0.25) is 0 Å². The first kappa shape index (κ1) is 29.3. The Labute approximate surface area is 236 Å². The van der Waals surface area contributed by atoms with Crippen LogP contribution >= 0.6 is 0 Å². The number of amides is 1. The molecule has 0 radical (unpaired) electrons. The number of carbonyl (C=O) groups is 2. The smallest absolute Gasteiger partial charge is 0.326 e. The SMILES string of the molecule is CN(C)S(=O)(=O)N(C)c1cc2cc(c1)C(=O)N[C@@H](c1ccccc1)CCc1cccc(c1)C[C@@](C)(N)C(=O)OC2. The molecule has 9 nitrogen and oxygen atoms in total. The standard InChI is InChI=1S/C30H36N4O5S/c1-30(31)19-22-10-8-9-21(15-22)13-14-27(24-11-6-5-7-12-24)32-28(35)25-16-23(20-39-29(30)36)17-26(18-25)34(4)40(37,38)33(2)3/h5-12,15-18,27H,13-14,19-20,31H2,1-4H3,(H,32,35)/t27-,30-/m1/s1. The minimum atomic E-state index is -3.84. The molecule has 0 unspecified atom stereocenters. The Morgan fingerprint density at radius 1 is 0.925 bits per heavy atom. The Morgan fingerprint density at radius 3 is 2.33 bits per heavy atom. The Kier molecular flexibility index (Phi) is 8.62. The van der Waals surface area contributed by atoms with E-state index in [-0.39, 0.29) is 36.2 Å². The number of hydrogen-bond donors (Lipinski definition) is 2. The van der Waals surface area contributed by atoms with E-state index in [1.807, 2.05) is 54.6 Å². The van der Waals surface area contributed by atoms with Gasteiger partial charge >= 0.3 is 16.2 Å². The van der Waals surface area contributed by atoms with Gasteiger partial charge < -0.3 is 15.8 Å². The third-order valence-electron chi connectivity index (χ3n) is 7.04. The van der Waals surface area contributed by atoms with Crippen LogP contribution in [0.1, 0.15) is 52.0 Å². The van der Waals surface area contributed by atoms with Gasteiger partial charge in [-0.15, -0.1) is 0 Å². The maximum absolute atomic E-state index is 13.6. The molecule has 3 aromatic rings. The van der Waals surface area contributed by atoms with Crippen molar-refractivity contribution in [3.8, 4) is 0 Å². The lowest BCUT2D eigenvalue weighted by Gasteiger charge is -2.26. The molecule has 2 atom stereocenters. The second kappa shape index (κ2) is 11.8. The molecule has 1 aliphatic rings. The normalized spacial score (nSPS) is 20.5. The third-order valence-corrected chi connectivity index (χ3v) is 8.86. The van der Waals surface area contributed by atoms with Crippen LogP contribution in [0.2, 0.25) is 0 Å². The Hall–Kier alpha value is -3.73. The molecule has 1 aliphatic heterocycles. The molecule has 4 rings (SSSR count). The molecule has 0 fully saturated rings. The van der Waals surface area contributed by atoms with Crippen LogP contribution in [-0.2, 0) is 39.2 Å². The summed E-state index contributed by atoms with van der Waals surface area (Å²) in [6, 6.07) is 22.0. The number of anilines is 1. The Balaban J connectivity index is 1.78. The first-order valence-corrected chi connectivity index (χ1v) is 14.5. The summed E-state index contributed by atoms with van der Waals surface area (Å²) in [5.74, 6) is -0.969. The summed E-state index contributed by atoms with van der Waals surface area (Å²) in [5.41, 5.74) is 9.01. The van der Waals surface area contributed by atoms with E-state index in [0.717, 1.165) is 25.3 Å². The molecule has 0 spiro atoms. The van der Waals surface area contributed by atoms with Gasteiger partial charge in [-0.25, -0.2) is 0 Å². The lowest BCUT2D eigenvalue weighted by Crippen LogP contribution is -2.48. The van der Waals surface area contributed by atoms with E-state index in [0.29, 0.717) is 18.4 Å². The largest absolute Gasteiger partial charge is 0.459 e. The van der Waals surface area contributed by atoms with Crippen molar-refractivity contribution < 1.29 is 22.7 Å². The summed E-state index contributed by atoms with van der Waals surface area (Å²) < 4.78 is 33.5. The van der Waals surface area contributed by atoms with Gasteiger partial charge in [0.25, 0.3) is 5.91 Å². The number of hydrogen-bond acceptors (Lipinski definition) is 6. The van der Waals surface area contributed by atoms with E-state index in [1.165, 1.54) is 27.2 Å². The third kappa shape index (κ3) is 6.70. The predicted octanol–water partition coefficient (Wildman–Crippen LogP) is 3.35. The van der Waals surface area contributed by atoms with Crippen LogP contribution in [0.5, 0.6) is 0 Å². The lowest BCUT2D eigenvalue weighted by molar-refractivity contribution is -0.150. The summed E-state index contributed by atoms with van der Waals surface area (Å²) in [6.45, 7) is 1.45. The molecule has 40 heavy (non-hydrogen) atoms. The van der Waals surface area contributed by atoms with Crippen molar-refractivity contribution in [1.29, 1.82) is 0 Å². The van der Waals surface area contributed by atoms with Crippen molar-refractivity contribution in [2.75, 3.05) is 25.4 Å². The van der Waals surface area contributed by atoms with Crippen molar-refractivity contribution in [2.24, 2.45) is 5.73 Å². The molecule has 10 heteroatoms. The van der Waals surface area contributed by atoms with Crippen LogP contribution in [0.25, 0.3) is 0 Å². The average molecular weight is 565 g/mol. The highest BCUT2D eigenvalue weighted by molar-refractivity contribution is 7.90. The fourth-order valence-corrected chi connectivity index (χ4v) is 5.58. The fourth-order valence-electron chi connectivity index (χ4n) is 4.71. The molecule has 212 valence electrons. The van der Waals surface area contributed by atoms with Gasteiger partial charge in [-0.1, -0.05) is 54.6 Å². The van der Waals surface area contributed by atoms with Gasteiger partial charge in [-0.05, 0) is 60.2 Å². The van der Waals surface area contributed by atoms with Gasteiger partial charge in [-0.2, -0.15) is 12.7 Å². The average Bonchev–Trinajstić information content (AvgIpc) is 2.93. The van der Waals surface area contributed by atoms with E-state index < -0.39 is 21.7 Å².